The van der Waals surface area contributed by atoms with E-state index in [4.69, 9.17) is 0 Å². The Labute approximate surface area is 269 Å². The quantitative estimate of drug-likeness (QED) is 0.222. The lowest BCUT2D eigenvalue weighted by atomic mass is 9.59. The molecule has 0 N–H and O–H groups in total. The van der Waals surface area contributed by atoms with E-state index >= 15 is 0 Å². The molecule has 0 amide bonds. The molecule has 0 aromatic heterocycles. The van der Waals surface area contributed by atoms with Crippen LogP contribution in [-0.2, 0) is 0 Å². The summed E-state index contributed by atoms with van der Waals surface area (Å²) in [6.45, 7) is 11.3. The molecular weight excluding hydrogens is 544 g/mol. The lowest BCUT2D eigenvalue weighted by Crippen LogP contribution is -2.59. The van der Waals surface area contributed by atoms with Crippen LogP contribution in [-0.4, -0.2) is 5.54 Å². The molecule has 45 heavy (non-hydrogen) atoms. The van der Waals surface area contributed by atoms with Crippen molar-refractivity contribution in [1.29, 1.82) is 0 Å². The van der Waals surface area contributed by atoms with Gasteiger partial charge < -0.3 is 9.80 Å². The zero-order valence-corrected chi connectivity index (χ0v) is 27.0. The van der Waals surface area contributed by atoms with Gasteiger partial charge in [-0.2, -0.15) is 0 Å². The maximum atomic E-state index is 2.65. The van der Waals surface area contributed by atoms with E-state index in [9.17, 15) is 0 Å². The Morgan fingerprint density at radius 3 is 1.67 bits per heavy atom. The third-order valence-electron chi connectivity index (χ3n) is 9.81. The lowest BCUT2D eigenvalue weighted by Gasteiger charge is -2.57. The summed E-state index contributed by atoms with van der Waals surface area (Å²) in [5.41, 5.74) is 13.7. The van der Waals surface area contributed by atoms with Crippen LogP contribution in [0.15, 0.2) is 156 Å². The fourth-order valence-electron chi connectivity index (χ4n) is 7.82. The van der Waals surface area contributed by atoms with Gasteiger partial charge in [0, 0.05) is 34.6 Å². The summed E-state index contributed by atoms with van der Waals surface area (Å²) < 4.78 is 0. The molecule has 0 radical (unpaired) electrons. The van der Waals surface area contributed by atoms with E-state index in [0.29, 0.717) is 0 Å². The van der Waals surface area contributed by atoms with Crippen molar-refractivity contribution in [1.82, 2.24) is 0 Å². The third-order valence-corrected chi connectivity index (χ3v) is 9.81. The van der Waals surface area contributed by atoms with Gasteiger partial charge in [-0.25, -0.2) is 0 Å². The summed E-state index contributed by atoms with van der Waals surface area (Å²) in [6, 6.07) is 36.0. The summed E-state index contributed by atoms with van der Waals surface area (Å²) >= 11 is 0. The molecule has 3 aliphatic carbocycles. The Kier molecular flexibility index (Phi) is 7.45. The average molecular weight is 587 g/mol. The number of rotatable bonds is 6. The van der Waals surface area contributed by atoms with E-state index in [1.54, 1.807) is 0 Å². The minimum Gasteiger partial charge on any atom is -0.334 e. The highest BCUT2D eigenvalue weighted by molar-refractivity contribution is 5.78. The van der Waals surface area contributed by atoms with Crippen LogP contribution in [0.3, 0.4) is 0 Å². The molecular formula is C43H42N2. The first-order valence-electron chi connectivity index (χ1n) is 16.2. The van der Waals surface area contributed by atoms with E-state index < -0.39 is 0 Å². The highest BCUT2D eigenvalue weighted by Gasteiger charge is 2.53. The molecule has 4 aromatic rings. The minimum atomic E-state index is -0.289. The minimum absolute atomic E-state index is 0.143. The zero-order valence-electron chi connectivity index (χ0n) is 27.0. The largest absolute Gasteiger partial charge is 0.334 e. The fraction of sp³-hybridized carbons (Fsp3) is 0.209. The van der Waals surface area contributed by atoms with Gasteiger partial charge in [-0.1, -0.05) is 91.1 Å². The Balaban J connectivity index is 1.53. The summed E-state index contributed by atoms with van der Waals surface area (Å²) in [6.07, 6.45) is 17.3. The van der Waals surface area contributed by atoms with Crippen LogP contribution in [0, 0.1) is 39.5 Å². The summed E-state index contributed by atoms with van der Waals surface area (Å²) in [7, 11) is 0. The highest BCUT2D eigenvalue weighted by atomic mass is 15.2. The molecule has 2 nitrogen and oxygen atoms in total. The Bertz CT molecular complexity index is 1830. The predicted molar refractivity (Wildman–Crippen MR) is 192 cm³/mol. The summed E-state index contributed by atoms with van der Waals surface area (Å²) in [5, 5.41) is 0. The standard InChI is InChI=1S/C43H42N2/c1-30-14-10-18-34(26-30)44(35-19-11-15-31(2)27-35)42-38-22-6-8-24-40(38)43(5,41-25-9-7-23-39(41)42)45(36-20-12-16-32(3)28-36)37-21-13-17-33(4)29-37/h6-24,26-29,40-41H,25H2,1-5H3. The van der Waals surface area contributed by atoms with E-state index in [0.717, 1.165) is 6.42 Å². The molecule has 0 spiro atoms. The van der Waals surface area contributed by atoms with Crippen LogP contribution in [0.5, 0.6) is 0 Å². The smallest absolute Gasteiger partial charge is 0.0599 e. The molecule has 224 valence electrons. The first-order valence-corrected chi connectivity index (χ1v) is 16.2. The maximum absolute atomic E-state index is 2.65. The topological polar surface area (TPSA) is 6.48 Å². The molecule has 4 aromatic carbocycles. The molecule has 0 aliphatic heterocycles. The monoisotopic (exact) mass is 586 g/mol. The number of hydrogen-bond donors (Lipinski definition) is 0. The molecule has 0 saturated heterocycles. The SMILES string of the molecule is Cc1cccc(N(C2=C3C=CC=CC3C(C)(N(c3cccc(C)c3)c3cccc(C)c3)C3CC=CC=C23)c2cccc(C)c2)c1. The van der Waals surface area contributed by atoms with Crippen LogP contribution < -0.4 is 9.80 Å². The molecule has 0 bridgehead atoms. The van der Waals surface area contributed by atoms with E-state index in [2.05, 4.69) is 184 Å². The Morgan fingerprint density at radius 2 is 1.13 bits per heavy atom. The van der Waals surface area contributed by atoms with Crippen LogP contribution in [0.25, 0.3) is 0 Å². The number of allylic oxidation sites excluding steroid dienone is 7. The molecule has 2 heteroatoms. The van der Waals surface area contributed by atoms with Gasteiger partial charge in [0.15, 0.2) is 0 Å². The normalized spacial score (nSPS) is 21.7. The van der Waals surface area contributed by atoms with Crippen molar-refractivity contribution >= 4 is 22.7 Å². The maximum Gasteiger partial charge on any atom is 0.0599 e. The molecule has 3 aliphatic rings. The number of fused-ring (bicyclic) bond motifs is 2. The van der Waals surface area contributed by atoms with Gasteiger partial charge in [0.25, 0.3) is 0 Å². The van der Waals surface area contributed by atoms with Gasteiger partial charge in [-0.05, 0) is 123 Å². The van der Waals surface area contributed by atoms with Crippen LogP contribution in [0.2, 0.25) is 0 Å². The van der Waals surface area contributed by atoms with Crippen LogP contribution in [0.4, 0.5) is 22.7 Å². The van der Waals surface area contributed by atoms with E-state index in [-0.39, 0.29) is 17.4 Å². The highest BCUT2D eigenvalue weighted by Crippen LogP contribution is 2.57. The number of aryl methyl sites for hydroxylation is 4. The number of anilines is 4. The van der Waals surface area contributed by atoms with Gasteiger partial charge in [0.2, 0.25) is 0 Å². The van der Waals surface area contributed by atoms with Crippen molar-refractivity contribution in [2.75, 3.05) is 9.80 Å². The molecule has 3 unspecified atom stereocenters. The van der Waals surface area contributed by atoms with Crippen LogP contribution in [0.1, 0.15) is 35.6 Å². The number of nitrogens with zero attached hydrogens (tertiary/aromatic N) is 2. The molecule has 3 atom stereocenters. The lowest BCUT2D eigenvalue weighted by molar-refractivity contribution is 0.266. The summed E-state index contributed by atoms with van der Waals surface area (Å²) in [4.78, 5) is 5.17. The van der Waals surface area contributed by atoms with Gasteiger partial charge in [0.05, 0.1) is 11.2 Å². The fourth-order valence-corrected chi connectivity index (χ4v) is 7.82. The van der Waals surface area contributed by atoms with Crippen molar-refractivity contribution in [2.45, 2.75) is 46.6 Å². The number of benzene rings is 4. The van der Waals surface area contributed by atoms with Gasteiger partial charge >= 0.3 is 0 Å². The molecule has 0 fully saturated rings. The second-order valence-electron chi connectivity index (χ2n) is 13.1. The average Bonchev–Trinajstić information content (AvgIpc) is 3.03. The second kappa shape index (κ2) is 11.6. The Hall–Kier alpha value is -4.82. The number of hydrogen-bond acceptors (Lipinski definition) is 2. The van der Waals surface area contributed by atoms with Crippen molar-refractivity contribution in [3.05, 3.63) is 179 Å². The van der Waals surface area contributed by atoms with Crippen molar-refractivity contribution in [3.63, 3.8) is 0 Å². The second-order valence-corrected chi connectivity index (χ2v) is 13.1. The van der Waals surface area contributed by atoms with Crippen LogP contribution >= 0.6 is 0 Å². The first-order chi connectivity index (χ1) is 21.8. The van der Waals surface area contributed by atoms with E-state index in [1.165, 1.54) is 61.8 Å². The first kappa shape index (κ1) is 28.9. The Morgan fingerprint density at radius 1 is 0.622 bits per heavy atom. The third kappa shape index (κ3) is 5.09. The van der Waals surface area contributed by atoms with Gasteiger partial charge in [0.1, 0.15) is 0 Å². The van der Waals surface area contributed by atoms with Crippen molar-refractivity contribution in [2.24, 2.45) is 11.8 Å². The summed E-state index contributed by atoms with van der Waals surface area (Å²) in [5.74, 6) is 0.379. The predicted octanol–water partition coefficient (Wildman–Crippen LogP) is 11.2. The molecule has 0 saturated carbocycles. The van der Waals surface area contributed by atoms with E-state index in [1.807, 2.05) is 0 Å². The van der Waals surface area contributed by atoms with Crippen molar-refractivity contribution in [3.8, 4) is 0 Å². The van der Waals surface area contributed by atoms with Gasteiger partial charge in [-0.3, -0.25) is 0 Å². The zero-order chi connectivity index (χ0) is 31.1. The molecule has 0 heterocycles. The van der Waals surface area contributed by atoms with Gasteiger partial charge in [-0.15, -0.1) is 0 Å². The van der Waals surface area contributed by atoms with Crippen molar-refractivity contribution < 1.29 is 0 Å². The molecule has 7 rings (SSSR count).